The molecule has 3 N–H and O–H groups in total. The number of carbonyl (C=O) groups is 2. The zero-order valence-corrected chi connectivity index (χ0v) is 17.5. The molecule has 2 heterocycles. The topological polar surface area (TPSA) is 109 Å². The van der Waals surface area contributed by atoms with E-state index in [1.54, 1.807) is 18.7 Å². The van der Waals surface area contributed by atoms with Crippen LogP contribution in [0.4, 0.5) is 20.2 Å². The molecule has 1 aromatic carbocycles. The lowest BCUT2D eigenvalue weighted by Gasteiger charge is -2.45. The molecule has 166 valence electrons. The second kappa shape index (κ2) is 7.21. The van der Waals surface area contributed by atoms with Crippen LogP contribution < -0.4 is 16.1 Å². The van der Waals surface area contributed by atoms with Crippen molar-refractivity contribution in [2.45, 2.75) is 51.7 Å². The lowest BCUT2D eigenvalue weighted by Crippen LogP contribution is -2.58. The summed E-state index contributed by atoms with van der Waals surface area (Å²) in [5.41, 5.74) is 3.27. The number of anilines is 2. The highest BCUT2D eigenvalue weighted by Gasteiger charge is 2.37. The van der Waals surface area contributed by atoms with Crippen LogP contribution in [0.5, 0.6) is 0 Å². The molecule has 1 aliphatic heterocycles. The van der Waals surface area contributed by atoms with Gasteiger partial charge in [0.2, 0.25) is 11.3 Å². The van der Waals surface area contributed by atoms with Gasteiger partial charge in [-0.3, -0.25) is 9.59 Å². The number of nitrogen functional groups attached to an aromatic ring is 1. The fraction of sp³-hybridized carbons (Fsp3) is 0.476. The largest absolute Gasteiger partial charge is 0.477 e. The first-order valence-electron chi connectivity index (χ1n) is 10.2. The number of rotatable bonds is 3. The number of aromatic carboxylic acids is 1. The van der Waals surface area contributed by atoms with Crippen molar-refractivity contribution in [1.29, 1.82) is 0 Å². The van der Waals surface area contributed by atoms with Gasteiger partial charge < -0.3 is 25.2 Å². The third-order valence-corrected chi connectivity index (χ3v) is 6.13. The Labute approximate surface area is 176 Å². The Morgan fingerprint density at radius 2 is 1.71 bits per heavy atom. The molecule has 2 fully saturated rings. The normalized spacial score (nSPS) is 21.6. The number of hydrogen-bond donors (Lipinski definition) is 2. The number of aromatic nitrogens is 1. The highest BCUT2D eigenvalue weighted by atomic mass is 19.1. The SMILES string of the molecule is CC(=O)N1[C@@H](C)CN(c2c(F)c(N)c3c(=O)c(C(=O)O)cn(C4CC4)c3c2F)C[C@@H]1C. The molecule has 2 atom stereocenters. The van der Waals surface area contributed by atoms with Crippen LogP contribution in [0.15, 0.2) is 11.0 Å². The first-order chi connectivity index (χ1) is 14.5. The number of carbonyl (C=O) groups excluding carboxylic acids is 1. The smallest absolute Gasteiger partial charge is 0.341 e. The summed E-state index contributed by atoms with van der Waals surface area (Å²) < 4.78 is 32.6. The number of nitrogens with zero attached hydrogens (tertiary/aromatic N) is 3. The van der Waals surface area contributed by atoms with Gasteiger partial charge in [-0.25, -0.2) is 13.6 Å². The van der Waals surface area contributed by atoms with Crippen LogP contribution in [0.1, 0.15) is 50.0 Å². The molecule has 1 saturated carbocycles. The van der Waals surface area contributed by atoms with E-state index in [1.165, 1.54) is 16.4 Å². The molecule has 8 nitrogen and oxygen atoms in total. The summed E-state index contributed by atoms with van der Waals surface area (Å²) in [4.78, 5) is 39.4. The first kappa shape index (κ1) is 21.1. The number of hydrogen-bond acceptors (Lipinski definition) is 5. The summed E-state index contributed by atoms with van der Waals surface area (Å²) in [7, 11) is 0. The van der Waals surface area contributed by atoms with E-state index in [4.69, 9.17) is 5.73 Å². The lowest BCUT2D eigenvalue weighted by atomic mass is 10.0. The molecule has 10 heteroatoms. The van der Waals surface area contributed by atoms with Gasteiger partial charge in [0, 0.05) is 44.3 Å². The van der Waals surface area contributed by atoms with Crippen molar-refractivity contribution in [2.24, 2.45) is 0 Å². The molecule has 0 unspecified atom stereocenters. The zero-order valence-electron chi connectivity index (χ0n) is 17.5. The Bertz CT molecular complexity index is 1160. The minimum absolute atomic E-state index is 0.123. The van der Waals surface area contributed by atoms with Gasteiger partial charge in [0.1, 0.15) is 11.3 Å². The molecule has 31 heavy (non-hydrogen) atoms. The molecule has 0 spiro atoms. The third kappa shape index (κ3) is 3.21. The molecular formula is C21H24F2N4O4. The summed E-state index contributed by atoms with van der Waals surface area (Å²) in [6, 6.07) is -0.769. The minimum atomic E-state index is -1.48. The number of pyridine rings is 1. The summed E-state index contributed by atoms with van der Waals surface area (Å²) in [5.74, 6) is -3.64. The predicted molar refractivity (Wildman–Crippen MR) is 111 cm³/mol. The van der Waals surface area contributed by atoms with Crippen molar-refractivity contribution in [2.75, 3.05) is 23.7 Å². The first-order valence-corrected chi connectivity index (χ1v) is 10.2. The van der Waals surface area contributed by atoms with Crippen LogP contribution in [-0.4, -0.2) is 51.6 Å². The average Bonchev–Trinajstić information content (AvgIpc) is 3.50. The molecule has 1 aliphatic carbocycles. The summed E-state index contributed by atoms with van der Waals surface area (Å²) in [5, 5.41) is 8.94. The standard InChI is InChI=1S/C21H24F2N4O4/c1-9-6-25(7-10(2)27(9)11(3)28)19-15(22)17(24)14-18(16(19)23)26(12-4-5-12)8-13(20(14)29)21(30)31/h8-10,12H,4-7,24H2,1-3H3,(H,30,31)/t9-,10-/m0/s1. The Kier molecular flexibility index (Phi) is 4.90. The Hall–Kier alpha value is -3.17. The second-order valence-corrected chi connectivity index (χ2v) is 8.46. The zero-order chi connectivity index (χ0) is 22.8. The Morgan fingerprint density at radius 1 is 1.13 bits per heavy atom. The number of benzene rings is 1. The van der Waals surface area contributed by atoms with Crippen LogP contribution in [-0.2, 0) is 4.79 Å². The Balaban J connectivity index is 1.96. The van der Waals surface area contributed by atoms with E-state index < -0.39 is 39.7 Å². The highest BCUT2D eigenvalue weighted by molar-refractivity contribution is 5.99. The molecular weight excluding hydrogens is 410 g/mol. The van der Waals surface area contributed by atoms with Crippen molar-refractivity contribution in [3.8, 4) is 0 Å². The molecule has 2 aromatic rings. The molecule has 0 radical (unpaired) electrons. The molecule has 1 saturated heterocycles. The number of piperazine rings is 1. The summed E-state index contributed by atoms with van der Waals surface area (Å²) >= 11 is 0. The number of nitrogens with two attached hydrogens (primary N) is 1. The van der Waals surface area contributed by atoms with Crippen LogP contribution in [0, 0.1) is 11.6 Å². The van der Waals surface area contributed by atoms with Gasteiger partial charge in [0.15, 0.2) is 11.6 Å². The number of amides is 1. The van der Waals surface area contributed by atoms with Crippen molar-refractivity contribution < 1.29 is 23.5 Å². The van der Waals surface area contributed by atoms with Crippen LogP contribution in [0.25, 0.3) is 10.9 Å². The summed E-state index contributed by atoms with van der Waals surface area (Å²) in [6.07, 6.45) is 2.50. The van der Waals surface area contributed by atoms with Gasteiger partial charge in [-0.1, -0.05) is 0 Å². The Morgan fingerprint density at radius 3 is 2.19 bits per heavy atom. The quantitative estimate of drug-likeness (QED) is 0.718. The van der Waals surface area contributed by atoms with Gasteiger partial charge in [-0.05, 0) is 26.7 Å². The number of halogens is 2. The molecule has 0 bridgehead atoms. The predicted octanol–water partition coefficient (Wildman–Crippen LogP) is 2.34. The van der Waals surface area contributed by atoms with E-state index in [2.05, 4.69) is 0 Å². The van der Waals surface area contributed by atoms with E-state index in [0.717, 1.165) is 6.20 Å². The minimum Gasteiger partial charge on any atom is -0.477 e. The van der Waals surface area contributed by atoms with E-state index in [9.17, 15) is 19.5 Å². The second-order valence-electron chi connectivity index (χ2n) is 8.46. The van der Waals surface area contributed by atoms with Gasteiger partial charge >= 0.3 is 5.97 Å². The van der Waals surface area contributed by atoms with Crippen molar-refractivity contribution in [3.05, 3.63) is 33.6 Å². The van der Waals surface area contributed by atoms with Crippen LogP contribution >= 0.6 is 0 Å². The van der Waals surface area contributed by atoms with Crippen molar-refractivity contribution in [3.63, 3.8) is 0 Å². The van der Waals surface area contributed by atoms with Gasteiger partial charge in [-0.2, -0.15) is 0 Å². The van der Waals surface area contributed by atoms with E-state index in [1.807, 2.05) is 0 Å². The fourth-order valence-corrected chi connectivity index (χ4v) is 4.75. The average molecular weight is 434 g/mol. The van der Waals surface area contributed by atoms with E-state index in [-0.39, 0.29) is 48.3 Å². The molecule has 4 rings (SSSR count). The number of fused-ring (bicyclic) bond motifs is 1. The maximum atomic E-state index is 15.8. The van der Waals surface area contributed by atoms with Crippen LogP contribution in [0.3, 0.4) is 0 Å². The van der Waals surface area contributed by atoms with Crippen molar-refractivity contribution in [1.82, 2.24) is 9.47 Å². The van der Waals surface area contributed by atoms with Gasteiger partial charge in [0.25, 0.3) is 0 Å². The lowest BCUT2D eigenvalue weighted by molar-refractivity contribution is -0.133. The van der Waals surface area contributed by atoms with E-state index in [0.29, 0.717) is 12.8 Å². The van der Waals surface area contributed by atoms with Crippen LogP contribution in [0.2, 0.25) is 0 Å². The summed E-state index contributed by atoms with van der Waals surface area (Å²) in [6.45, 7) is 5.41. The molecule has 1 aromatic heterocycles. The number of carboxylic acid groups (broad SMARTS) is 1. The maximum Gasteiger partial charge on any atom is 0.341 e. The highest BCUT2D eigenvalue weighted by Crippen LogP contribution is 2.42. The van der Waals surface area contributed by atoms with Gasteiger partial charge in [0.05, 0.1) is 16.6 Å². The maximum absolute atomic E-state index is 15.8. The fourth-order valence-electron chi connectivity index (χ4n) is 4.75. The van der Waals surface area contributed by atoms with E-state index >= 15 is 8.78 Å². The number of carboxylic acids is 1. The monoisotopic (exact) mass is 434 g/mol. The van der Waals surface area contributed by atoms with Gasteiger partial charge in [-0.15, -0.1) is 0 Å². The third-order valence-electron chi connectivity index (χ3n) is 6.13. The van der Waals surface area contributed by atoms with Crippen molar-refractivity contribution >= 4 is 34.2 Å². The molecule has 1 amide bonds. The molecule has 2 aliphatic rings.